The smallest absolute Gasteiger partial charge is 0.276 e. The van der Waals surface area contributed by atoms with E-state index in [9.17, 15) is 15.4 Å². The molecule has 0 aliphatic rings. The first-order valence-corrected chi connectivity index (χ1v) is 9.65. The average molecular weight is 419 g/mol. The van der Waals surface area contributed by atoms with Crippen LogP contribution in [0.1, 0.15) is 10.6 Å². The molecule has 150 valence electrons. The lowest BCUT2D eigenvalue weighted by atomic mass is 10.1. The summed E-state index contributed by atoms with van der Waals surface area (Å²) in [7, 11) is 3.13. The molecule has 1 heterocycles. The number of methoxy groups -OCH3 is 2. The topological polar surface area (TPSA) is 98.3 Å². The van der Waals surface area contributed by atoms with Gasteiger partial charge in [-0.3, -0.25) is 10.1 Å². The second-order valence-electron chi connectivity index (χ2n) is 5.97. The largest absolute Gasteiger partial charge is 0.493 e. The number of hydrogen-bond acceptors (Lipinski definition) is 7. The first-order valence-electron chi connectivity index (χ1n) is 8.77. The predicted molar refractivity (Wildman–Crippen MR) is 116 cm³/mol. The van der Waals surface area contributed by atoms with Gasteiger partial charge in [-0.15, -0.1) is 11.3 Å². The highest BCUT2D eigenvalue weighted by atomic mass is 32.1. The van der Waals surface area contributed by atoms with Crippen LogP contribution in [0.4, 0.5) is 5.69 Å². The second-order valence-corrected chi connectivity index (χ2v) is 6.83. The maximum absolute atomic E-state index is 11.1. The van der Waals surface area contributed by atoms with Gasteiger partial charge in [0.2, 0.25) is 0 Å². The lowest BCUT2D eigenvalue weighted by molar-refractivity contribution is -0.385. The Balaban J connectivity index is 1.87. The molecule has 0 saturated carbocycles. The fourth-order valence-electron chi connectivity index (χ4n) is 2.72. The Morgan fingerprint density at radius 3 is 2.67 bits per heavy atom. The minimum absolute atomic E-state index is 0.00523. The number of nitro groups is 1. The number of nitriles is 1. The van der Waals surface area contributed by atoms with Crippen molar-refractivity contribution in [2.75, 3.05) is 14.2 Å². The van der Waals surface area contributed by atoms with E-state index in [-0.39, 0.29) is 5.69 Å². The fraction of sp³-hybridized carbons (Fsp3) is 0.0909. The molecule has 3 aromatic rings. The number of nitro benzene ring substituents is 1. The Kier molecular flexibility index (Phi) is 6.57. The van der Waals surface area contributed by atoms with Crippen molar-refractivity contribution in [2.45, 2.75) is 0 Å². The molecule has 0 amide bonds. The molecule has 0 spiro atoms. The third kappa shape index (κ3) is 4.54. The molecule has 8 heteroatoms. The summed E-state index contributed by atoms with van der Waals surface area (Å²) in [5, 5.41) is 23.0. The molecule has 3 rings (SSSR count). The van der Waals surface area contributed by atoms with Crippen LogP contribution >= 0.6 is 11.3 Å². The molecule has 7 nitrogen and oxygen atoms in total. The van der Waals surface area contributed by atoms with E-state index in [0.29, 0.717) is 33.3 Å². The van der Waals surface area contributed by atoms with E-state index < -0.39 is 4.92 Å². The van der Waals surface area contributed by atoms with Crippen LogP contribution in [0.5, 0.6) is 11.5 Å². The van der Waals surface area contributed by atoms with Crippen LogP contribution in [0.15, 0.2) is 60.0 Å². The first-order chi connectivity index (χ1) is 14.6. The zero-order valence-electron chi connectivity index (χ0n) is 16.2. The number of hydrogen-bond donors (Lipinski definition) is 0. The Morgan fingerprint density at radius 1 is 1.20 bits per heavy atom. The van der Waals surface area contributed by atoms with Crippen LogP contribution in [-0.2, 0) is 0 Å². The van der Waals surface area contributed by atoms with Crippen LogP contribution in [0, 0.1) is 21.4 Å². The van der Waals surface area contributed by atoms with E-state index in [0.717, 1.165) is 5.56 Å². The average Bonchev–Trinajstić information content (AvgIpc) is 3.26. The Hall–Kier alpha value is -3.96. The summed E-state index contributed by atoms with van der Waals surface area (Å²) < 4.78 is 10.6. The van der Waals surface area contributed by atoms with Gasteiger partial charge in [-0.25, -0.2) is 4.98 Å². The zero-order chi connectivity index (χ0) is 21.5. The maximum Gasteiger partial charge on any atom is 0.276 e. The van der Waals surface area contributed by atoms with Crippen LogP contribution in [-0.4, -0.2) is 24.1 Å². The normalized spacial score (nSPS) is 11.3. The zero-order valence-corrected chi connectivity index (χ0v) is 17.1. The van der Waals surface area contributed by atoms with Gasteiger partial charge in [0.15, 0.2) is 11.5 Å². The molecule has 0 saturated heterocycles. The van der Waals surface area contributed by atoms with E-state index in [1.54, 1.807) is 56.7 Å². The molecule has 0 unspecified atom stereocenters. The van der Waals surface area contributed by atoms with Crippen molar-refractivity contribution in [3.63, 3.8) is 0 Å². The van der Waals surface area contributed by atoms with E-state index in [2.05, 4.69) is 11.1 Å². The highest BCUT2D eigenvalue weighted by Gasteiger charge is 2.12. The van der Waals surface area contributed by atoms with E-state index in [4.69, 9.17) is 9.47 Å². The Labute approximate surface area is 177 Å². The van der Waals surface area contributed by atoms with Crippen LogP contribution in [0.3, 0.4) is 0 Å². The number of nitrogens with zero attached hydrogens (tertiary/aromatic N) is 3. The van der Waals surface area contributed by atoms with E-state index in [1.165, 1.54) is 17.4 Å². The highest BCUT2D eigenvalue weighted by Crippen LogP contribution is 2.33. The van der Waals surface area contributed by atoms with Gasteiger partial charge < -0.3 is 9.47 Å². The summed E-state index contributed by atoms with van der Waals surface area (Å²) >= 11 is 1.34. The number of ether oxygens (including phenoxy) is 2. The van der Waals surface area contributed by atoms with Crippen molar-refractivity contribution in [1.82, 2.24) is 4.98 Å². The second kappa shape index (κ2) is 9.49. The number of benzene rings is 2. The SMILES string of the molecule is COc1ccc(-c2csc(/C(C#N)=C\C=C\c3ccccc3[N+](=O)[O-])n2)cc1OC. The van der Waals surface area contributed by atoms with Crippen molar-refractivity contribution < 1.29 is 14.4 Å². The Bertz CT molecular complexity index is 1180. The predicted octanol–water partition coefficient (Wildman–Crippen LogP) is 5.36. The van der Waals surface area contributed by atoms with Crippen LogP contribution < -0.4 is 9.47 Å². The van der Waals surface area contributed by atoms with Crippen LogP contribution in [0.2, 0.25) is 0 Å². The van der Waals surface area contributed by atoms with Crippen molar-refractivity contribution >= 4 is 28.7 Å². The third-order valence-electron chi connectivity index (χ3n) is 4.21. The fourth-order valence-corrected chi connectivity index (χ4v) is 3.53. The lowest BCUT2D eigenvalue weighted by Gasteiger charge is -2.08. The summed E-state index contributed by atoms with van der Waals surface area (Å²) in [4.78, 5) is 15.2. The Morgan fingerprint density at radius 2 is 1.97 bits per heavy atom. The number of allylic oxidation sites excluding steroid dienone is 3. The van der Waals surface area contributed by atoms with Gasteiger partial charge in [0, 0.05) is 17.0 Å². The molecule has 30 heavy (non-hydrogen) atoms. The van der Waals surface area contributed by atoms with Gasteiger partial charge in [0.05, 0.1) is 36.0 Å². The molecule has 2 aromatic carbocycles. The number of rotatable bonds is 7. The molecule has 0 atom stereocenters. The van der Waals surface area contributed by atoms with E-state index in [1.807, 2.05) is 17.5 Å². The molecule has 0 fully saturated rings. The van der Waals surface area contributed by atoms with Gasteiger partial charge in [-0.05, 0) is 36.4 Å². The molecule has 0 bridgehead atoms. The molecular weight excluding hydrogens is 402 g/mol. The summed E-state index contributed by atoms with van der Waals surface area (Å²) in [6, 6.07) is 14.0. The van der Waals surface area contributed by atoms with Crippen molar-refractivity contribution in [2.24, 2.45) is 0 Å². The lowest BCUT2D eigenvalue weighted by Crippen LogP contribution is -1.91. The van der Waals surface area contributed by atoms with Gasteiger partial charge in [-0.2, -0.15) is 5.26 Å². The van der Waals surface area contributed by atoms with Crippen molar-refractivity contribution in [3.8, 4) is 28.8 Å². The molecule has 1 aromatic heterocycles. The van der Waals surface area contributed by atoms with Crippen molar-refractivity contribution in [1.29, 1.82) is 5.26 Å². The summed E-state index contributed by atoms with van der Waals surface area (Å²) in [5.41, 5.74) is 2.37. The summed E-state index contributed by atoms with van der Waals surface area (Å²) in [6.45, 7) is 0. The van der Waals surface area contributed by atoms with Gasteiger partial charge in [-0.1, -0.05) is 18.2 Å². The number of aromatic nitrogens is 1. The number of para-hydroxylation sites is 1. The maximum atomic E-state index is 11.1. The standard InChI is InChI=1S/C22H17N3O4S/c1-28-20-11-10-16(12-21(20)29-2)18-14-30-22(24-18)17(13-23)8-5-7-15-6-3-4-9-19(15)25(26)27/h3-12,14H,1-2H3/b7-5+,17-8-. The van der Waals surface area contributed by atoms with Crippen molar-refractivity contribution in [3.05, 3.63) is 80.7 Å². The van der Waals surface area contributed by atoms with Gasteiger partial charge in [0.25, 0.3) is 5.69 Å². The first kappa shape index (κ1) is 20.8. The van der Waals surface area contributed by atoms with Crippen LogP contribution in [0.25, 0.3) is 22.9 Å². The molecule has 0 radical (unpaired) electrons. The monoisotopic (exact) mass is 419 g/mol. The highest BCUT2D eigenvalue weighted by molar-refractivity contribution is 7.11. The summed E-state index contributed by atoms with van der Waals surface area (Å²) in [5.74, 6) is 1.21. The molecule has 0 aliphatic carbocycles. The summed E-state index contributed by atoms with van der Waals surface area (Å²) in [6.07, 6.45) is 4.80. The quantitative estimate of drug-likeness (QED) is 0.221. The number of thiazole rings is 1. The minimum atomic E-state index is -0.440. The minimum Gasteiger partial charge on any atom is -0.493 e. The molecule has 0 aliphatic heterocycles. The molecule has 0 N–H and O–H groups in total. The van der Waals surface area contributed by atoms with Gasteiger partial charge in [0.1, 0.15) is 11.1 Å². The van der Waals surface area contributed by atoms with E-state index >= 15 is 0 Å². The molecular formula is C22H17N3O4S. The van der Waals surface area contributed by atoms with Gasteiger partial charge >= 0.3 is 0 Å². The third-order valence-corrected chi connectivity index (χ3v) is 5.08.